The first-order valence-corrected chi connectivity index (χ1v) is 13.5. The van der Waals surface area contributed by atoms with Crippen LogP contribution in [-0.4, -0.2) is 23.6 Å². The van der Waals surface area contributed by atoms with Gasteiger partial charge in [-0.3, -0.25) is 0 Å². The molecule has 0 fully saturated rings. The molecule has 4 rings (SSSR count). The minimum Gasteiger partial charge on any atom is -0.341 e. The van der Waals surface area contributed by atoms with Crippen molar-refractivity contribution in [2.45, 2.75) is 31.1 Å². The predicted molar refractivity (Wildman–Crippen MR) is 161 cm³/mol. The van der Waals surface area contributed by atoms with Crippen molar-refractivity contribution >= 4 is 79.6 Å². The Kier molecular flexibility index (Phi) is 8.87. The number of aromatic nitrogens is 3. The van der Waals surface area contributed by atoms with E-state index in [0.717, 1.165) is 33.8 Å². The zero-order valence-electron chi connectivity index (χ0n) is 19.9. The van der Waals surface area contributed by atoms with E-state index < -0.39 is 0 Å². The normalized spacial score (nSPS) is 10.5. The molecule has 0 aliphatic carbocycles. The summed E-state index contributed by atoms with van der Waals surface area (Å²) in [7, 11) is 0. The second-order valence-corrected chi connectivity index (χ2v) is 11.2. The molecule has 6 nitrogen and oxygen atoms in total. The Morgan fingerprint density at radius 2 is 1.19 bits per heavy atom. The molecule has 3 aromatic carbocycles. The van der Waals surface area contributed by atoms with Crippen LogP contribution in [0.1, 0.15) is 16.7 Å². The van der Waals surface area contributed by atoms with Gasteiger partial charge < -0.3 is 16.0 Å². The van der Waals surface area contributed by atoms with Crippen LogP contribution in [-0.2, 0) is 0 Å². The molecule has 1 heterocycles. The van der Waals surface area contributed by atoms with Gasteiger partial charge in [-0.15, -0.1) is 0 Å². The van der Waals surface area contributed by atoms with Crippen LogP contribution in [0.25, 0.3) is 0 Å². The highest BCUT2D eigenvalue weighted by Crippen LogP contribution is 2.26. The fourth-order valence-electron chi connectivity index (χ4n) is 3.20. The van der Waals surface area contributed by atoms with Gasteiger partial charge in [0.1, 0.15) is 8.64 Å². The van der Waals surface area contributed by atoms with Gasteiger partial charge >= 0.3 is 0 Å². The highest BCUT2D eigenvalue weighted by Gasteiger charge is 2.14. The molecule has 1 aromatic heterocycles. The van der Waals surface area contributed by atoms with Gasteiger partial charge in [-0.05, 0) is 85.3 Å². The fourth-order valence-corrected chi connectivity index (χ4v) is 5.11. The zero-order chi connectivity index (χ0) is 25.5. The second-order valence-electron chi connectivity index (χ2n) is 7.88. The van der Waals surface area contributed by atoms with Crippen molar-refractivity contribution < 1.29 is 0 Å². The molecule has 182 valence electrons. The number of aryl methyl sites for hydroxylation is 3. The molecule has 0 unspecified atom stereocenters. The van der Waals surface area contributed by atoms with E-state index in [4.69, 9.17) is 24.4 Å². The van der Waals surface area contributed by atoms with Gasteiger partial charge in [0.25, 0.3) is 0 Å². The van der Waals surface area contributed by atoms with E-state index in [1.807, 2.05) is 93.6 Å². The zero-order valence-corrected chi connectivity index (χ0v) is 23.2. The molecule has 0 saturated heterocycles. The van der Waals surface area contributed by atoms with Crippen LogP contribution >= 0.6 is 48.0 Å². The SMILES string of the molecule is Cc1cccc(Nc2nc(SC(=S)Nc3ccccc3C)nc(SC(=S)Nc3ccccc3C)n2)c1. The molecule has 0 atom stereocenters. The summed E-state index contributed by atoms with van der Waals surface area (Å²) in [6.45, 7) is 6.09. The fraction of sp³-hybridized carbons (Fsp3) is 0.115. The summed E-state index contributed by atoms with van der Waals surface area (Å²) in [5, 5.41) is 10.7. The topological polar surface area (TPSA) is 74.8 Å². The van der Waals surface area contributed by atoms with Gasteiger partial charge in [0.2, 0.25) is 16.3 Å². The molecule has 36 heavy (non-hydrogen) atoms. The first-order valence-electron chi connectivity index (χ1n) is 11.0. The third kappa shape index (κ3) is 7.47. The average molecular weight is 549 g/mol. The molecule has 0 aliphatic rings. The van der Waals surface area contributed by atoms with Crippen molar-refractivity contribution in [3.05, 3.63) is 89.5 Å². The molecule has 0 spiro atoms. The standard InChI is InChI=1S/C26H24N6S4/c1-16-9-8-12-19(15-16)27-22-30-23(35-25(33)28-20-13-6-4-10-17(20)2)32-24(31-22)36-26(34)29-21-14-7-5-11-18(21)3/h4-15H,1-3H3,(H,28,33)(H,29,34)(H,27,30,31,32). The summed E-state index contributed by atoms with van der Waals surface area (Å²) in [5.74, 6) is 0.415. The maximum Gasteiger partial charge on any atom is 0.232 e. The van der Waals surface area contributed by atoms with Crippen molar-refractivity contribution in [2.75, 3.05) is 16.0 Å². The first-order chi connectivity index (χ1) is 17.4. The lowest BCUT2D eigenvalue weighted by molar-refractivity contribution is 0.815. The minimum absolute atomic E-state index is 0.415. The molecule has 4 aromatic rings. The monoisotopic (exact) mass is 548 g/mol. The van der Waals surface area contributed by atoms with Crippen molar-refractivity contribution in [1.29, 1.82) is 0 Å². The van der Waals surface area contributed by atoms with Crippen LogP contribution in [0.4, 0.5) is 23.0 Å². The van der Waals surface area contributed by atoms with E-state index in [1.165, 1.54) is 23.5 Å². The molecule has 3 N–H and O–H groups in total. The summed E-state index contributed by atoms with van der Waals surface area (Å²) in [6.07, 6.45) is 0. The first kappa shape index (κ1) is 26.0. The van der Waals surface area contributed by atoms with Crippen molar-refractivity contribution in [1.82, 2.24) is 15.0 Å². The van der Waals surface area contributed by atoms with E-state index in [1.54, 1.807) is 0 Å². The van der Waals surface area contributed by atoms with Gasteiger partial charge in [0.15, 0.2) is 0 Å². The molecule has 10 heteroatoms. The lowest BCUT2D eigenvalue weighted by atomic mass is 10.2. The van der Waals surface area contributed by atoms with Crippen molar-refractivity contribution in [3.8, 4) is 0 Å². The molecule has 0 amide bonds. The van der Waals surface area contributed by atoms with E-state index in [9.17, 15) is 0 Å². The number of hydrogen-bond donors (Lipinski definition) is 3. The van der Waals surface area contributed by atoms with Gasteiger partial charge in [0.05, 0.1) is 0 Å². The smallest absolute Gasteiger partial charge is 0.232 e. The number of nitrogens with one attached hydrogen (secondary N) is 3. The Morgan fingerprint density at radius 1 is 0.667 bits per heavy atom. The van der Waals surface area contributed by atoms with Crippen LogP contribution in [0.3, 0.4) is 0 Å². The molecule has 0 radical (unpaired) electrons. The lowest BCUT2D eigenvalue weighted by Crippen LogP contribution is -2.10. The number of anilines is 4. The van der Waals surface area contributed by atoms with Crippen LogP contribution in [0, 0.1) is 20.8 Å². The molecule has 0 bridgehead atoms. The number of hydrogen-bond acceptors (Lipinski definition) is 8. The number of thioether (sulfide) groups is 2. The molecule has 0 saturated carbocycles. The summed E-state index contributed by atoms with van der Waals surface area (Å²) >= 11 is 13.7. The highest BCUT2D eigenvalue weighted by atomic mass is 32.2. The maximum absolute atomic E-state index is 5.59. The van der Waals surface area contributed by atoms with Crippen LogP contribution < -0.4 is 16.0 Å². The van der Waals surface area contributed by atoms with Crippen LogP contribution in [0.15, 0.2) is 83.1 Å². The largest absolute Gasteiger partial charge is 0.341 e. The molecular formula is C26H24N6S4. The quantitative estimate of drug-likeness (QED) is 0.166. The lowest BCUT2D eigenvalue weighted by Gasteiger charge is -2.12. The van der Waals surface area contributed by atoms with Crippen molar-refractivity contribution in [2.24, 2.45) is 0 Å². The third-order valence-corrected chi connectivity index (χ3v) is 7.01. The third-order valence-electron chi connectivity index (χ3n) is 5.00. The van der Waals surface area contributed by atoms with Crippen molar-refractivity contribution in [3.63, 3.8) is 0 Å². The number of benzene rings is 3. The summed E-state index contributed by atoms with van der Waals surface area (Å²) in [4.78, 5) is 13.8. The van der Waals surface area contributed by atoms with Gasteiger partial charge in [-0.2, -0.15) is 15.0 Å². The summed E-state index contributed by atoms with van der Waals surface area (Å²) < 4.78 is 1.07. The van der Waals surface area contributed by atoms with Crippen LogP contribution in [0.5, 0.6) is 0 Å². The van der Waals surface area contributed by atoms with Gasteiger partial charge in [-0.1, -0.05) is 73.0 Å². The number of para-hydroxylation sites is 2. The average Bonchev–Trinajstić information content (AvgIpc) is 2.82. The highest BCUT2D eigenvalue weighted by molar-refractivity contribution is 8.23. The van der Waals surface area contributed by atoms with Crippen LogP contribution in [0.2, 0.25) is 0 Å². The number of rotatable bonds is 6. The maximum atomic E-state index is 5.59. The van der Waals surface area contributed by atoms with Gasteiger partial charge in [0, 0.05) is 17.1 Å². The number of nitrogens with zero attached hydrogens (tertiary/aromatic N) is 3. The molecular weight excluding hydrogens is 525 g/mol. The Balaban J connectivity index is 1.55. The summed E-state index contributed by atoms with van der Waals surface area (Å²) in [6, 6.07) is 23.9. The van der Waals surface area contributed by atoms with Gasteiger partial charge in [-0.25, -0.2) is 0 Å². The summed E-state index contributed by atoms with van der Waals surface area (Å²) in [5.41, 5.74) is 6.10. The molecule has 0 aliphatic heterocycles. The minimum atomic E-state index is 0.415. The second kappa shape index (κ2) is 12.3. The Labute approximate surface area is 230 Å². The number of thiocarbonyl (C=S) groups is 2. The predicted octanol–water partition coefficient (Wildman–Crippen LogP) is 7.52. The Hall–Kier alpha value is -3.05. The van der Waals surface area contributed by atoms with E-state index >= 15 is 0 Å². The van der Waals surface area contributed by atoms with E-state index in [-0.39, 0.29) is 0 Å². The Morgan fingerprint density at radius 3 is 1.69 bits per heavy atom. The van der Waals surface area contributed by atoms with E-state index in [2.05, 4.69) is 30.9 Å². The Bertz CT molecular complexity index is 1330. The van der Waals surface area contributed by atoms with E-state index in [0.29, 0.717) is 24.9 Å².